The van der Waals surface area contributed by atoms with Gasteiger partial charge in [0.25, 0.3) is 0 Å². The van der Waals surface area contributed by atoms with Crippen LogP contribution >= 0.6 is 46.1 Å². The zero-order valence-corrected chi connectivity index (χ0v) is 13.9. The summed E-state index contributed by atoms with van der Waals surface area (Å²) in [6.45, 7) is 2.01. The summed E-state index contributed by atoms with van der Waals surface area (Å²) < 4.78 is 6.69. The van der Waals surface area contributed by atoms with E-state index >= 15 is 0 Å². The average Bonchev–Trinajstić information content (AvgIpc) is 2.85. The van der Waals surface area contributed by atoms with E-state index in [1.807, 2.05) is 19.1 Å². The molecule has 0 radical (unpaired) electrons. The minimum atomic E-state index is -0.298. The van der Waals surface area contributed by atoms with Crippen LogP contribution in [0, 0.1) is 0 Å². The van der Waals surface area contributed by atoms with Crippen molar-refractivity contribution >= 4 is 46.1 Å². The Balaban J connectivity index is 2.30. The fraction of sp³-hybridized carbons (Fsp3) is 0.286. The van der Waals surface area contributed by atoms with Crippen LogP contribution in [0.3, 0.4) is 0 Å². The topological polar surface area (TPSA) is 35.2 Å². The Kier molecular flexibility index (Phi) is 5.58. The van der Waals surface area contributed by atoms with Gasteiger partial charge in [-0.1, -0.05) is 41.7 Å². The molecule has 6 heteroatoms. The van der Waals surface area contributed by atoms with Crippen LogP contribution in [0.5, 0.6) is 5.75 Å². The average molecular weight is 351 g/mol. The minimum Gasteiger partial charge on any atom is -0.482 e. The third kappa shape index (κ3) is 3.80. The summed E-state index contributed by atoms with van der Waals surface area (Å²) in [5.41, 5.74) is 6.16. The van der Waals surface area contributed by atoms with Crippen molar-refractivity contribution in [3.05, 3.63) is 49.6 Å². The molecular weight excluding hydrogens is 337 g/mol. The molecule has 0 aliphatic rings. The zero-order chi connectivity index (χ0) is 14.7. The molecule has 1 aromatic carbocycles. The molecule has 2 N–H and O–H groups in total. The SMILES string of the molecule is CCC(N)C(Oc1cc(Cl)ccc1Cl)c1ccc(Cl)s1. The Morgan fingerprint density at radius 3 is 2.55 bits per heavy atom. The van der Waals surface area contributed by atoms with Crippen LogP contribution in [-0.4, -0.2) is 6.04 Å². The van der Waals surface area contributed by atoms with Crippen molar-refractivity contribution in [1.29, 1.82) is 0 Å². The number of hydrogen-bond acceptors (Lipinski definition) is 3. The van der Waals surface area contributed by atoms with E-state index in [2.05, 4.69) is 0 Å². The Morgan fingerprint density at radius 2 is 1.95 bits per heavy atom. The highest BCUT2D eigenvalue weighted by Gasteiger charge is 2.23. The number of benzene rings is 1. The van der Waals surface area contributed by atoms with E-state index in [0.29, 0.717) is 20.1 Å². The summed E-state index contributed by atoms with van der Waals surface area (Å²) in [5.74, 6) is 0.526. The van der Waals surface area contributed by atoms with E-state index in [4.69, 9.17) is 45.3 Å². The maximum atomic E-state index is 6.16. The fourth-order valence-electron chi connectivity index (χ4n) is 1.76. The molecule has 0 spiro atoms. The second kappa shape index (κ2) is 7.01. The number of rotatable bonds is 5. The van der Waals surface area contributed by atoms with Crippen molar-refractivity contribution in [2.75, 3.05) is 0 Å². The molecule has 2 rings (SSSR count). The Hall–Kier alpha value is -0.450. The molecule has 2 nitrogen and oxygen atoms in total. The van der Waals surface area contributed by atoms with E-state index in [9.17, 15) is 0 Å². The number of thiophene rings is 1. The summed E-state index contributed by atoms with van der Waals surface area (Å²) >= 11 is 19.5. The van der Waals surface area contributed by atoms with Gasteiger partial charge in [-0.2, -0.15) is 0 Å². The molecule has 20 heavy (non-hydrogen) atoms. The van der Waals surface area contributed by atoms with Gasteiger partial charge >= 0.3 is 0 Å². The third-order valence-electron chi connectivity index (χ3n) is 2.88. The summed E-state index contributed by atoms with van der Waals surface area (Å²) in [6, 6.07) is 8.71. The second-order valence-corrected chi connectivity index (χ2v) is 6.92. The van der Waals surface area contributed by atoms with Crippen LogP contribution in [-0.2, 0) is 0 Å². The third-order valence-corrected chi connectivity index (χ3v) is 4.72. The van der Waals surface area contributed by atoms with Crippen molar-refractivity contribution in [3.8, 4) is 5.75 Å². The smallest absolute Gasteiger partial charge is 0.148 e. The molecule has 2 unspecified atom stereocenters. The molecule has 0 aliphatic heterocycles. The van der Waals surface area contributed by atoms with E-state index in [1.54, 1.807) is 18.2 Å². The van der Waals surface area contributed by atoms with Gasteiger partial charge in [0, 0.05) is 22.0 Å². The van der Waals surface area contributed by atoms with E-state index in [1.165, 1.54) is 11.3 Å². The minimum absolute atomic E-state index is 0.153. The molecule has 0 fully saturated rings. The van der Waals surface area contributed by atoms with Crippen LogP contribution in [0.2, 0.25) is 14.4 Å². The predicted molar refractivity (Wildman–Crippen MR) is 87.4 cm³/mol. The molecule has 2 atom stereocenters. The maximum Gasteiger partial charge on any atom is 0.148 e. The van der Waals surface area contributed by atoms with Crippen LogP contribution in [0.4, 0.5) is 0 Å². The number of nitrogens with two attached hydrogens (primary N) is 1. The van der Waals surface area contributed by atoms with Gasteiger partial charge in [-0.3, -0.25) is 0 Å². The van der Waals surface area contributed by atoms with Crippen molar-refractivity contribution < 1.29 is 4.74 Å². The number of ether oxygens (including phenoxy) is 1. The van der Waals surface area contributed by atoms with Gasteiger partial charge in [0.15, 0.2) is 0 Å². The maximum absolute atomic E-state index is 6.16. The first-order valence-corrected chi connectivity index (χ1v) is 8.08. The molecular formula is C14H14Cl3NOS. The first kappa shape index (κ1) is 15.9. The van der Waals surface area contributed by atoms with Gasteiger partial charge in [0.2, 0.25) is 0 Å². The van der Waals surface area contributed by atoms with E-state index < -0.39 is 0 Å². The van der Waals surface area contributed by atoms with Gasteiger partial charge in [-0.05, 0) is 30.7 Å². The summed E-state index contributed by atoms with van der Waals surface area (Å²) in [6.07, 6.45) is 0.478. The first-order chi connectivity index (χ1) is 9.51. The largest absolute Gasteiger partial charge is 0.482 e. The lowest BCUT2D eigenvalue weighted by atomic mass is 10.1. The van der Waals surface area contributed by atoms with Crippen molar-refractivity contribution in [1.82, 2.24) is 0 Å². The zero-order valence-electron chi connectivity index (χ0n) is 10.8. The lowest BCUT2D eigenvalue weighted by molar-refractivity contribution is 0.175. The molecule has 0 saturated heterocycles. The monoisotopic (exact) mass is 349 g/mol. The highest BCUT2D eigenvalue weighted by atomic mass is 35.5. The van der Waals surface area contributed by atoms with Crippen LogP contribution < -0.4 is 10.5 Å². The van der Waals surface area contributed by atoms with Gasteiger partial charge in [-0.25, -0.2) is 0 Å². The fourth-order valence-corrected chi connectivity index (χ4v) is 3.25. The molecule has 0 aliphatic carbocycles. The van der Waals surface area contributed by atoms with Crippen molar-refractivity contribution in [2.24, 2.45) is 5.73 Å². The lowest BCUT2D eigenvalue weighted by Gasteiger charge is -2.24. The Morgan fingerprint density at radius 1 is 1.20 bits per heavy atom. The molecule has 0 saturated carbocycles. The standard InChI is InChI=1S/C14H14Cl3NOS/c1-2-10(18)14(12-5-6-13(17)20-12)19-11-7-8(15)3-4-9(11)16/h3-7,10,14H,2,18H2,1H3. The van der Waals surface area contributed by atoms with Crippen molar-refractivity contribution in [2.45, 2.75) is 25.5 Å². The summed E-state index contributed by atoms with van der Waals surface area (Å²) in [5, 5.41) is 1.07. The van der Waals surface area contributed by atoms with Crippen LogP contribution in [0.25, 0.3) is 0 Å². The van der Waals surface area contributed by atoms with E-state index in [-0.39, 0.29) is 12.1 Å². The molecule has 1 heterocycles. The quantitative estimate of drug-likeness (QED) is 0.765. The number of halogens is 3. The molecule has 0 amide bonds. The Bertz CT molecular complexity index is 588. The van der Waals surface area contributed by atoms with Crippen LogP contribution in [0.15, 0.2) is 30.3 Å². The lowest BCUT2D eigenvalue weighted by Crippen LogP contribution is -2.31. The van der Waals surface area contributed by atoms with E-state index in [0.717, 1.165) is 11.3 Å². The molecule has 0 bridgehead atoms. The highest BCUT2D eigenvalue weighted by Crippen LogP contribution is 2.36. The molecule has 108 valence electrons. The predicted octanol–water partition coefficient (Wildman–Crippen LogP) is 5.57. The molecule has 2 aromatic rings. The number of hydrogen-bond donors (Lipinski definition) is 1. The van der Waals surface area contributed by atoms with Crippen LogP contribution in [0.1, 0.15) is 24.3 Å². The first-order valence-electron chi connectivity index (χ1n) is 6.13. The van der Waals surface area contributed by atoms with Gasteiger partial charge in [0.1, 0.15) is 11.9 Å². The van der Waals surface area contributed by atoms with Gasteiger partial charge in [-0.15, -0.1) is 11.3 Å². The summed E-state index contributed by atoms with van der Waals surface area (Å²) in [4.78, 5) is 0.973. The highest BCUT2D eigenvalue weighted by molar-refractivity contribution is 7.16. The van der Waals surface area contributed by atoms with Crippen molar-refractivity contribution in [3.63, 3.8) is 0 Å². The Labute approximate surface area is 137 Å². The molecule has 1 aromatic heterocycles. The normalized spacial score (nSPS) is 14.1. The van der Waals surface area contributed by atoms with Gasteiger partial charge in [0.05, 0.1) is 9.36 Å². The summed E-state index contributed by atoms with van der Waals surface area (Å²) in [7, 11) is 0. The second-order valence-electron chi connectivity index (χ2n) is 4.33. The van der Waals surface area contributed by atoms with Gasteiger partial charge < -0.3 is 10.5 Å².